The van der Waals surface area contributed by atoms with Gasteiger partial charge < -0.3 is 9.47 Å². The van der Waals surface area contributed by atoms with Crippen LogP contribution in [0.1, 0.15) is 211 Å². The topological polar surface area (TPSA) is 52.6 Å². The maximum absolute atomic E-state index is 13.3. The van der Waals surface area contributed by atoms with Crippen LogP contribution in [0.3, 0.4) is 0 Å². The first kappa shape index (κ1) is 45.0. The van der Waals surface area contributed by atoms with Crippen LogP contribution in [-0.2, 0) is 35.5 Å². The third-order valence-electron chi connectivity index (χ3n) is 10.9. The van der Waals surface area contributed by atoms with E-state index < -0.39 is 11.9 Å². The molecule has 4 nitrogen and oxygen atoms in total. The van der Waals surface area contributed by atoms with Crippen LogP contribution in [0.25, 0.3) is 0 Å². The molecule has 3 aromatic rings. The van der Waals surface area contributed by atoms with Crippen molar-refractivity contribution in [3.8, 4) is 0 Å². The number of benzene rings is 3. The molecule has 0 fully saturated rings. The van der Waals surface area contributed by atoms with Crippen molar-refractivity contribution in [1.82, 2.24) is 0 Å². The zero-order valence-corrected chi connectivity index (χ0v) is 34.4. The van der Waals surface area contributed by atoms with Gasteiger partial charge in [-0.05, 0) is 60.1 Å². The van der Waals surface area contributed by atoms with Crippen molar-refractivity contribution in [3.05, 3.63) is 106 Å². The van der Waals surface area contributed by atoms with E-state index in [1.165, 1.54) is 152 Å². The predicted molar refractivity (Wildman–Crippen MR) is 227 cm³/mol. The van der Waals surface area contributed by atoms with Crippen molar-refractivity contribution in [2.75, 3.05) is 0 Å². The van der Waals surface area contributed by atoms with E-state index in [2.05, 4.69) is 38.1 Å². The second kappa shape index (κ2) is 29.9. The van der Waals surface area contributed by atoms with Crippen LogP contribution in [0, 0.1) is 0 Å². The molecule has 3 rings (SSSR count). The Hall–Kier alpha value is -3.40. The second-order valence-electron chi connectivity index (χ2n) is 15.5. The molecule has 4 heteroatoms. The Bertz CT molecular complexity index is 1300. The Morgan fingerprint density at radius 2 is 0.611 bits per heavy atom. The van der Waals surface area contributed by atoms with Crippen molar-refractivity contribution in [2.45, 2.75) is 194 Å². The number of unbranched alkanes of at least 4 members (excludes halogenated alkanes) is 22. The molecule has 0 N–H and O–H groups in total. The molecule has 0 heterocycles. The summed E-state index contributed by atoms with van der Waals surface area (Å²) in [5.74, 6) is -1.01. The minimum absolute atomic E-state index is 0.184. The van der Waals surface area contributed by atoms with Crippen LogP contribution >= 0.6 is 0 Å². The van der Waals surface area contributed by atoms with Gasteiger partial charge in [-0.2, -0.15) is 0 Å². The molecular formula is C50H74O4. The summed E-state index contributed by atoms with van der Waals surface area (Å²) in [4.78, 5) is 26.6. The molecule has 0 radical (unpaired) electrons. The van der Waals surface area contributed by atoms with Gasteiger partial charge >= 0.3 is 11.9 Å². The van der Waals surface area contributed by atoms with E-state index in [9.17, 15) is 9.59 Å². The van der Waals surface area contributed by atoms with Gasteiger partial charge in [-0.3, -0.25) is 0 Å². The van der Waals surface area contributed by atoms with Crippen LogP contribution in [0.4, 0.5) is 0 Å². The van der Waals surface area contributed by atoms with Crippen LogP contribution < -0.4 is 0 Å². The van der Waals surface area contributed by atoms with Gasteiger partial charge in [0.2, 0.25) is 0 Å². The van der Waals surface area contributed by atoms with Crippen molar-refractivity contribution in [1.29, 1.82) is 0 Å². The lowest BCUT2D eigenvalue weighted by molar-refractivity contribution is 0.0424. The summed E-state index contributed by atoms with van der Waals surface area (Å²) in [6, 6.07) is 23.3. The van der Waals surface area contributed by atoms with Gasteiger partial charge in [0.05, 0.1) is 11.1 Å². The molecule has 0 unspecified atom stereocenters. The first-order chi connectivity index (χ1) is 26.6. The lowest BCUT2D eigenvalue weighted by Gasteiger charge is -2.13. The van der Waals surface area contributed by atoms with Crippen LogP contribution in [0.2, 0.25) is 0 Å². The molecule has 0 saturated carbocycles. The third kappa shape index (κ3) is 19.3. The van der Waals surface area contributed by atoms with Gasteiger partial charge in [-0.1, -0.05) is 216 Å². The van der Waals surface area contributed by atoms with E-state index in [4.69, 9.17) is 9.47 Å². The summed E-state index contributed by atoms with van der Waals surface area (Å²) < 4.78 is 11.6. The lowest BCUT2D eigenvalue weighted by Crippen LogP contribution is -2.14. The fraction of sp³-hybridized carbons (Fsp3) is 0.600. The third-order valence-corrected chi connectivity index (χ3v) is 10.9. The van der Waals surface area contributed by atoms with Crippen molar-refractivity contribution < 1.29 is 19.1 Å². The highest BCUT2D eigenvalue weighted by atomic mass is 16.5. The molecule has 0 aliphatic rings. The standard InChI is InChI=1S/C50H74O4/c1-3-5-7-9-11-13-15-17-19-21-23-25-33-43-35-27-29-37-45(43)41-53-49(51)47-39-31-32-40-48(47)50(52)54-42-46-38-30-28-36-44(46)34-26-24-22-20-18-16-14-12-10-8-6-4-2/h27-32,35-40H,3-26,33-34,41-42H2,1-2H3. The normalized spacial score (nSPS) is 11.1. The summed E-state index contributed by atoms with van der Waals surface area (Å²) in [5.41, 5.74) is 4.99. The van der Waals surface area contributed by atoms with E-state index in [0.29, 0.717) is 0 Å². The Balaban J connectivity index is 1.37. The second-order valence-corrected chi connectivity index (χ2v) is 15.5. The molecule has 0 amide bonds. The van der Waals surface area contributed by atoms with Gasteiger partial charge in [0.25, 0.3) is 0 Å². The number of carbonyl (C=O) groups excluding carboxylic acids is 2. The Kier molecular flexibility index (Phi) is 24.9. The summed E-state index contributed by atoms with van der Waals surface area (Å²) in [6.07, 6.45) is 33.9. The molecule has 0 saturated heterocycles. The molecule has 0 aliphatic heterocycles. The Morgan fingerprint density at radius 1 is 0.352 bits per heavy atom. The fourth-order valence-electron chi connectivity index (χ4n) is 7.48. The minimum atomic E-state index is -0.505. The molecule has 3 aromatic carbocycles. The molecule has 0 bridgehead atoms. The van der Waals surface area contributed by atoms with Crippen LogP contribution in [-0.4, -0.2) is 11.9 Å². The number of esters is 2. The Labute approximate surface area is 330 Å². The van der Waals surface area contributed by atoms with Gasteiger partial charge in [0.15, 0.2) is 0 Å². The Morgan fingerprint density at radius 3 is 0.926 bits per heavy atom. The van der Waals surface area contributed by atoms with E-state index in [1.54, 1.807) is 24.3 Å². The van der Waals surface area contributed by atoms with E-state index in [-0.39, 0.29) is 24.3 Å². The SMILES string of the molecule is CCCCCCCCCCCCCCc1ccccc1COC(=O)c1ccccc1C(=O)OCc1ccccc1CCCCCCCCCCCCCC. The lowest BCUT2D eigenvalue weighted by atomic mass is 10.00. The predicted octanol–water partition coefficient (Wildman–Crippen LogP) is 14.9. The van der Waals surface area contributed by atoms with E-state index in [1.807, 2.05) is 24.3 Å². The number of carbonyl (C=O) groups is 2. The zero-order chi connectivity index (χ0) is 38.3. The summed E-state index contributed by atoms with van der Waals surface area (Å²) in [7, 11) is 0. The number of hydrogen-bond donors (Lipinski definition) is 0. The van der Waals surface area contributed by atoms with Gasteiger partial charge in [0, 0.05) is 0 Å². The smallest absolute Gasteiger partial charge is 0.339 e. The largest absolute Gasteiger partial charge is 0.457 e. The molecule has 54 heavy (non-hydrogen) atoms. The molecule has 0 spiro atoms. The minimum Gasteiger partial charge on any atom is -0.457 e. The van der Waals surface area contributed by atoms with E-state index >= 15 is 0 Å². The van der Waals surface area contributed by atoms with Gasteiger partial charge in [0.1, 0.15) is 13.2 Å². The zero-order valence-electron chi connectivity index (χ0n) is 34.4. The van der Waals surface area contributed by atoms with Crippen molar-refractivity contribution >= 4 is 11.9 Å². The highest BCUT2D eigenvalue weighted by Gasteiger charge is 2.20. The van der Waals surface area contributed by atoms with E-state index in [0.717, 1.165) is 36.8 Å². The average Bonchev–Trinajstić information content (AvgIpc) is 3.20. The van der Waals surface area contributed by atoms with Crippen molar-refractivity contribution in [2.24, 2.45) is 0 Å². The highest BCUT2D eigenvalue weighted by molar-refractivity contribution is 6.03. The maximum Gasteiger partial charge on any atom is 0.339 e. The summed E-state index contributed by atoms with van der Waals surface area (Å²) in [5, 5.41) is 0. The first-order valence-corrected chi connectivity index (χ1v) is 22.2. The quantitative estimate of drug-likeness (QED) is 0.0473. The monoisotopic (exact) mass is 739 g/mol. The molecular weight excluding hydrogens is 665 g/mol. The molecule has 0 atom stereocenters. The maximum atomic E-state index is 13.3. The number of aryl methyl sites for hydroxylation is 2. The van der Waals surface area contributed by atoms with Crippen LogP contribution in [0.15, 0.2) is 72.8 Å². The number of rotatable bonds is 32. The van der Waals surface area contributed by atoms with Crippen molar-refractivity contribution in [3.63, 3.8) is 0 Å². The molecule has 0 aliphatic carbocycles. The summed E-state index contributed by atoms with van der Waals surface area (Å²) >= 11 is 0. The number of hydrogen-bond acceptors (Lipinski definition) is 4. The molecule has 298 valence electrons. The van der Waals surface area contributed by atoms with Crippen LogP contribution in [0.5, 0.6) is 0 Å². The molecule has 0 aromatic heterocycles. The highest BCUT2D eigenvalue weighted by Crippen LogP contribution is 2.21. The number of ether oxygens (including phenoxy) is 2. The summed E-state index contributed by atoms with van der Waals surface area (Å²) in [6.45, 7) is 4.92. The van der Waals surface area contributed by atoms with Gasteiger partial charge in [-0.15, -0.1) is 0 Å². The van der Waals surface area contributed by atoms with Gasteiger partial charge in [-0.25, -0.2) is 9.59 Å². The fourth-order valence-corrected chi connectivity index (χ4v) is 7.48. The first-order valence-electron chi connectivity index (χ1n) is 22.2. The average molecular weight is 739 g/mol.